The van der Waals surface area contributed by atoms with Gasteiger partial charge in [0.15, 0.2) is 0 Å². The first kappa shape index (κ1) is 18.8. The highest BCUT2D eigenvalue weighted by atomic mass is 19.4. The Morgan fingerprint density at radius 2 is 1.85 bits per heavy atom. The molecular weight excluding hydrogens is 359 g/mol. The van der Waals surface area contributed by atoms with Crippen LogP contribution in [-0.4, -0.2) is 16.8 Å². The Kier molecular flexibility index (Phi) is 5.63. The minimum atomic E-state index is -4.44. The number of nitrogens with zero attached hydrogens (tertiary/aromatic N) is 2. The molecule has 142 valence electrons. The predicted molar refractivity (Wildman–Crippen MR) is 94.3 cm³/mol. The van der Waals surface area contributed by atoms with E-state index in [9.17, 15) is 13.2 Å². The summed E-state index contributed by atoms with van der Waals surface area (Å²) in [5, 5.41) is 10.8. The summed E-state index contributed by atoms with van der Waals surface area (Å²) in [6.07, 6.45) is -3.70. The number of ether oxygens (including phenoxy) is 1. The lowest BCUT2D eigenvalue weighted by atomic mass is 10.1. The molecule has 0 aliphatic carbocycles. The molecule has 0 radical (unpaired) electrons. The highest BCUT2D eigenvalue weighted by molar-refractivity contribution is 5.58. The summed E-state index contributed by atoms with van der Waals surface area (Å²) in [6, 6.07) is 12.5. The van der Waals surface area contributed by atoms with Crippen LogP contribution in [0, 0.1) is 0 Å². The maximum absolute atomic E-state index is 13.0. The fraction of sp³-hybridized carbons (Fsp3) is 0.263. The number of anilines is 1. The van der Waals surface area contributed by atoms with E-state index in [2.05, 4.69) is 15.5 Å². The Bertz CT molecular complexity index is 879. The molecule has 8 heteroatoms. The normalized spacial score (nSPS) is 11.4. The van der Waals surface area contributed by atoms with E-state index in [0.29, 0.717) is 18.2 Å². The highest BCUT2D eigenvalue weighted by Gasteiger charge is 2.31. The minimum absolute atomic E-state index is 0.0730. The van der Waals surface area contributed by atoms with Crippen LogP contribution in [0.3, 0.4) is 0 Å². The molecule has 1 heterocycles. The van der Waals surface area contributed by atoms with Crippen LogP contribution < -0.4 is 10.1 Å². The Hall–Kier alpha value is -3.03. The molecule has 0 unspecified atom stereocenters. The lowest BCUT2D eigenvalue weighted by Gasteiger charge is -2.15. The Labute approximate surface area is 154 Å². The van der Waals surface area contributed by atoms with Gasteiger partial charge in [0, 0.05) is 5.56 Å². The molecule has 0 saturated heterocycles. The standard InChI is InChI=1S/C19H18F3N3O2/c1-2-10-26-16-9-8-14(19(20,21)22)11-15(16)23-12-17-24-25-18(27-17)13-6-4-3-5-7-13/h3-9,11,23H,2,10,12H2,1H3. The fourth-order valence-corrected chi connectivity index (χ4v) is 2.38. The maximum atomic E-state index is 13.0. The zero-order valence-electron chi connectivity index (χ0n) is 14.6. The van der Waals surface area contributed by atoms with Crippen LogP contribution in [0.5, 0.6) is 5.75 Å². The van der Waals surface area contributed by atoms with Crippen LogP contribution in [0.15, 0.2) is 52.9 Å². The Balaban J connectivity index is 1.77. The van der Waals surface area contributed by atoms with E-state index in [1.165, 1.54) is 6.07 Å². The van der Waals surface area contributed by atoms with Crippen molar-refractivity contribution >= 4 is 5.69 Å². The van der Waals surface area contributed by atoms with Crippen LogP contribution >= 0.6 is 0 Å². The fourth-order valence-electron chi connectivity index (χ4n) is 2.38. The molecule has 0 amide bonds. The van der Waals surface area contributed by atoms with Crippen molar-refractivity contribution in [2.75, 3.05) is 11.9 Å². The first-order valence-corrected chi connectivity index (χ1v) is 8.43. The molecule has 2 aromatic carbocycles. The van der Waals surface area contributed by atoms with E-state index in [4.69, 9.17) is 9.15 Å². The van der Waals surface area contributed by atoms with Crippen molar-refractivity contribution < 1.29 is 22.3 Å². The van der Waals surface area contributed by atoms with Crippen LogP contribution in [0.4, 0.5) is 18.9 Å². The molecule has 0 aliphatic heterocycles. The van der Waals surface area contributed by atoms with Crippen molar-refractivity contribution in [2.45, 2.75) is 26.1 Å². The number of rotatable bonds is 7. The summed E-state index contributed by atoms with van der Waals surface area (Å²) in [4.78, 5) is 0. The van der Waals surface area contributed by atoms with Gasteiger partial charge >= 0.3 is 6.18 Å². The van der Waals surface area contributed by atoms with Crippen LogP contribution in [0.2, 0.25) is 0 Å². The number of alkyl halides is 3. The molecule has 0 atom stereocenters. The van der Waals surface area contributed by atoms with E-state index in [0.717, 1.165) is 24.1 Å². The SMILES string of the molecule is CCCOc1ccc(C(F)(F)F)cc1NCc1nnc(-c2ccccc2)o1. The first-order valence-electron chi connectivity index (χ1n) is 8.43. The second-order valence-electron chi connectivity index (χ2n) is 5.78. The average molecular weight is 377 g/mol. The number of aromatic nitrogens is 2. The van der Waals surface area contributed by atoms with Crippen molar-refractivity contribution in [3.63, 3.8) is 0 Å². The molecule has 0 fully saturated rings. The van der Waals surface area contributed by atoms with Gasteiger partial charge in [-0.05, 0) is 36.8 Å². The van der Waals surface area contributed by atoms with Gasteiger partial charge in [0.25, 0.3) is 0 Å². The van der Waals surface area contributed by atoms with E-state index >= 15 is 0 Å². The summed E-state index contributed by atoms with van der Waals surface area (Å²) in [5.41, 5.74) is 0.226. The van der Waals surface area contributed by atoms with E-state index < -0.39 is 11.7 Å². The van der Waals surface area contributed by atoms with Gasteiger partial charge < -0.3 is 14.5 Å². The third-order valence-electron chi connectivity index (χ3n) is 3.69. The maximum Gasteiger partial charge on any atom is 0.416 e. The molecule has 1 N–H and O–H groups in total. The number of hydrogen-bond acceptors (Lipinski definition) is 5. The number of hydrogen-bond donors (Lipinski definition) is 1. The molecule has 1 aromatic heterocycles. The molecule has 27 heavy (non-hydrogen) atoms. The first-order chi connectivity index (χ1) is 13.0. The summed E-state index contributed by atoms with van der Waals surface area (Å²) in [6.45, 7) is 2.39. The van der Waals surface area contributed by atoms with Crippen LogP contribution in [-0.2, 0) is 12.7 Å². The van der Waals surface area contributed by atoms with Gasteiger partial charge in [0.1, 0.15) is 5.75 Å². The second-order valence-corrected chi connectivity index (χ2v) is 5.78. The predicted octanol–water partition coefficient (Wildman–Crippen LogP) is 5.16. The summed E-state index contributed by atoms with van der Waals surface area (Å²) >= 11 is 0. The van der Waals surface area contributed by atoms with Crippen molar-refractivity contribution in [1.82, 2.24) is 10.2 Å². The topological polar surface area (TPSA) is 60.2 Å². The number of benzene rings is 2. The zero-order valence-corrected chi connectivity index (χ0v) is 14.6. The van der Waals surface area contributed by atoms with Gasteiger partial charge in [0.2, 0.25) is 11.8 Å². The molecular formula is C19H18F3N3O2. The van der Waals surface area contributed by atoms with Crippen LogP contribution in [0.1, 0.15) is 24.8 Å². The molecule has 0 saturated carbocycles. The monoisotopic (exact) mass is 377 g/mol. The number of halogens is 3. The van der Waals surface area contributed by atoms with Crippen molar-refractivity contribution in [3.8, 4) is 17.2 Å². The van der Waals surface area contributed by atoms with Gasteiger partial charge in [-0.1, -0.05) is 25.1 Å². The Morgan fingerprint density at radius 3 is 2.56 bits per heavy atom. The second kappa shape index (κ2) is 8.11. The highest BCUT2D eigenvalue weighted by Crippen LogP contribution is 2.35. The van der Waals surface area contributed by atoms with E-state index in [1.54, 1.807) is 0 Å². The lowest BCUT2D eigenvalue weighted by molar-refractivity contribution is -0.137. The minimum Gasteiger partial charge on any atom is -0.491 e. The zero-order chi connectivity index (χ0) is 19.3. The summed E-state index contributed by atoms with van der Waals surface area (Å²) < 4.78 is 50.1. The van der Waals surface area contributed by atoms with Crippen LogP contribution in [0.25, 0.3) is 11.5 Å². The summed E-state index contributed by atoms with van der Waals surface area (Å²) in [7, 11) is 0. The third kappa shape index (κ3) is 4.78. The largest absolute Gasteiger partial charge is 0.491 e. The average Bonchev–Trinajstić information content (AvgIpc) is 3.14. The number of nitrogens with one attached hydrogen (secondary N) is 1. The molecule has 3 rings (SSSR count). The molecule has 0 spiro atoms. The molecule has 5 nitrogen and oxygen atoms in total. The lowest BCUT2D eigenvalue weighted by Crippen LogP contribution is -2.09. The Morgan fingerprint density at radius 1 is 1.07 bits per heavy atom. The third-order valence-corrected chi connectivity index (χ3v) is 3.69. The molecule has 0 aliphatic rings. The van der Waals surface area contributed by atoms with Gasteiger partial charge in [-0.25, -0.2) is 0 Å². The van der Waals surface area contributed by atoms with Gasteiger partial charge in [-0.15, -0.1) is 10.2 Å². The van der Waals surface area contributed by atoms with E-state index in [1.807, 2.05) is 37.3 Å². The van der Waals surface area contributed by atoms with Gasteiger partial charge in [-0.2, -0.15) is 13.2 Å². The molecule has 0 bridgehead atoms. The molecule has 3 aromatic rings. The quantitative estimate of drug-likeness (QED) is 0.617. The van der Waals surface area contributed by atoms with Gasteiger partial charge in [0.05, 0.1) is 24.4 Å². The summed E-state index contributed by atoms with van der Waals surface area (Å²) in [5.74, 6) is 0.944. The van der Waals surface area contributed by atoms with Crippen molar-refractivity contribution in [2.24, 2.45) is 0 Å². The van der Waals surface area contributed by atoms with Gasteiger partial charge in [-0.3, -0.25) is 0 Å². The van der Waals surface area contributed by atoms with Crippen molar-refractivity contribution in [1.29, 1.82) is 0 Å². The smallest absolute Gasteiger partial charge is 0.416 e. The van der Waals surface area contributed by atoms with Crippen molar-refractivity contribution in [3.05, 3.63) is 60.0 Å². The van der Waals surface area contributed by atoms with E-state index in [-0.39, 0.29) is 18.1 Å².